The molecule has 0 aliphatic carbocycles. The second-order valence-corrected chi connectivity index (χ2v) is 6.30. The zero-order valence-corrected chi connectivity index (χ0v) is 15.4. The van der Waals surface area contributed by atoms with Gasteiger partial charge >= 0.3 is 0 Å². The van der Waals surface area contributed by atoms with E-state index in [1.54, 1.807) is 30.3 Å². The minimum atomic E-state index is -0.517. The third-order valence-corrected chi connectivity index (χ3v) is 4.38. The summed E-state index contributed by atoms with van der Waals surface area (Å²) in [6.07, 6.45) is 1.31. The highest BCUT2D eigenvalue weighted by molar-refractivity contribution is 6.33. The summed E-state index contributed by atoms with van der Waals surface area (Å²) in [7, 11) is 0. The van der Waals surface area contributed by atoms with Gasteiger partial charge in [0.15, 0.2) is 11.5 Å². The number of carbonyl (C=O) groups is 1. The van der Waals surface area contributed by atoms with Gasteiger partial charge in [-0.3, -0.25) is 14.9 Å². The van der Waals surface area contributed by atoms with Crippen molar-refractivity contribution in [2.24, 2.45) is 5.10 Å². The number of nitrogens with zero attached hydrogens (tertiary/aromatic N) is 2. The highest BCUT2D eigenvalue weighted by atomic mass is 35.5. The molecule has 2 heterocycles. The van der Waals surface area contributed by atoms with Gasteiger partial charge in [0.1, 0.15) is 11.5 Å². The maximum absolute atomic E-state index is 12.2. The predicted octanol–water partition coefficient (Wildman–Crippen LogP) is 4.00. The molecule has 2 aromatic carbocycles. The van der Waals surface area contributed by atoms with Gasteiger partial charge in [0, 0.05) is 23.3 Å². The van der Waals surface area contributed by atoms with E-state index in [0.717, 1.165) is 0 Å². The van der Waals surface area contributed by atoms with Crippen LogP contribution in [0.3, 0.4) is 0 Å². The molecule has 0 radical (unpaired) electrons. The van der Waals surface area contributed by atoms with Crippen LogP contribution in [0.1, 0.15) is 16.1 Å². The summed E-state index contributed by atoms with van der Waals surface area (Å²) < 4.78 is 16.0. The zero-order valence-electron chi connectivity index (χ0n) is 14.6. The molecule has 0 saturated heterocycles. The molecule has 146 valence electrons. The van der Waals surface area contributed by atoms with Gasteiger partial charge in [0.05, 0.1) is 16.2 Å². The number of amides is 1. The number of ether oxygens (including phenoxy) is 2. The number of non-ortho nitro benzene ring substituents is 1. The number of halogens is 1. The molecule has 4 rings (SSSR count). The zero-order chi connectivity index (χ0) is 20.4. The van der Waals surface area contributed by atoms with Gasteiger partial charge in [-0.1, -0.05) is 11.6 Å². The Labute approximate surface area is 168 Å². The quantitative estimate of drug-likeness (QED) is 0.384. The smallest absolute Gasteiger partial charge is 0.271 e. The van der Waals surface area contributed by atoms with E-state index >= 15 is 0 Å². The first-order valence-electron chi connectivity index (χ1n) is 8.28. The van der Waals surface area contributed by atoms with Gasteiger partial charge in [0.25, 0.3) is 11.6 Å². The number of fused-ring (bicyclic) bond motifs is 1. The van der Waals surface area contributed by atoms with Crippen LogP contribution >= 0.6 is 11.6 Å². The third-order valence-electron chi connectivity index (χ3n) is 4.05. The van der Waals surface area contributed by atoms with Gasteiger partial charge in [0.2, 0.25) is 6.79 Å². The average Bonchev–Trinajstić information content (AvgIpc) is 3.36. The molecular formula is C19H12ClN3O6. The van der Waals surface area contributed by atoms with E-state index < -0.39 is 10.8 Å². The summed E-state index contributed by atoms with van der Waals surface area (Å²) in [6, 6.07) is 12.1. The SMILES string of the molecule is O=C(N/N=C/c1ccc(-c2cc([N+](=O)[O-])ccc2Cl)o1)c1ccc2c(c1)OCO2. The molecule has 3 aromatic rings. The fourth-order valence-electron chi connectivity index (χ4n) is 2.64. The monoisotopic (exact) mass is 413 g/mol. The number of hydrazone groups is 1. The Hall–Kier alpha value is -3.85. The molecule has 0 bridgehead atoms. The van der Waals surface area contributed by atoms with E-state index in [4.69, 9.17) is 25.5 Å². The molecule has 0 unspecified atom stereocenters. The summed E-state index contributed by atoms with van der Waals surface area (Å²) in [5.74, 6) is 1.29. The van der Waals surface area contributed by atoms with Crippen LogP contribution in [0.2, 0.25) is 5.02 Å². The molecule has 0 fully saturated rings. The van der Waals surface area contributed by atoms with Crippen molar-refractivity contribution in [1.29, 1.82) is 0 Å². The molecule has 1 aromatic heterocycles. The average molecular weight is 414 g/mol. The number of benzene rings is 2. The van der Waals surface area contributed by atoms with Crippen LogP contribution in [-0.2, 0) is 0 Å². The normalized spacial score (nSPS) is 12.3. The van der Waals surface area contributed by atoms with Gasteiger partial charge in [-0.05, 0) is 36.4 Å². The van der Waals surface area contributed by atoms with Gasteiger partial charge in [-0.2, -0.15) is 5.10 Å². The highest BCUT2D eigenvalue weighted by Crippen LogP contribution is 2.33. The molecule has 0 spiro atoms. The first-order chi connectivity index (χ1) is 14.0. The first-order valence-corrected chi connectivity index (χ1v) is 8.66. The van der Waals surface area contributed by atoms with Gasteiger partial charge in [-0.25, -0.2) is 5.43 Å². The summed E-state index contributed by atoms with van der Waals surface area (Å²) in [6.45, 7) is 0.119. The summed E-state index contributed by atoms with van der Waals surface area (Å²) >= 11 is 6.11. The maximum atomic E-state index is 12.2. The predicted molar refractivity (Wildman–Crippen MR) is 103 cm³/mol. The van der Waals surface area contributed by atoms with Gasteiger partial charge in [-0.15, -0.1) is 0 Å². The Morgan fingerprint density at radius 3 is 2.79 bits per heavy atom. The number of carbonyl (C=O) groups excluding carboxylic acids is 1. The molecule has 0 saturated carbocycles. The molecule has 1 aliphatic heterocycles. The van der Waals surface area contributed by atoms with E-state index in [1.807, 2.05) is 0 Å². The molecule has 29 heavy (non-hydrogen) atoms. The first kappa shape index (κ1) is 18.5. The summed E-state index contributed by atoms with van der Waals surface area (Å²) in [5.41, 5.74) is 3.01. The topological polar surface area (TPSA) is 116 Å². The van der Waals surface area contributed by atoms with Crippen LogP contribution in [0.5, 0.6) is 11.5 Å². The molecular weight excluding hydrogens is 402 g/mol. The molecule has 1 N–H and O–H groups in total. The number of nitro benzene ring substituents is 1. The summed E-state index contributed by atoms with van der Waals surface area (Å²) in [4.78, 5) is 22.6. The lowest BCUT2D eigenvalue weighted by Crippen LogP contribution is -2.17. The molecule has 0 atom stereocenters. The van der Waals surface area contributed by atoms with Gasteiger partial charge < -0.3 is 13.9 Å². The van der Waals surface area contributed by atoms with E-state index in [0.29, 0.717) is 39.2 Å². The number of furan rings is 1. The van der Waals surface area contributed by atoms with Crippen LogP contribution in [0.15, 0.2) is 58.0 Å². The molecule has 1 aliphatic rings. The van der Waals surface area contributed by atoms with E-state index in [2.05, 4.69) is 10.5 Å². The van der Waals surface area contributed by atoms with Crippen LogP contribution < -0.4 is 14.9 Å². The van der Waals surface area contributed by atoms with E-state index in [-0.39, 0.29) is 12.5 Å². The van der Waals surface area contributed by atoms with Crippen molar-refractivity contribution < 1.29 is 23.6 Å². The van der Waals surface area contributed by atoms with Crippen molar-refractivity contribution in [3.8, 4) is 22.8 Å². The van der Waals surface area contributed by atoms with Crippen molar-refractivity contribution in [3.05, 3.63) is 75.0 Å². The van der Waals surface area contributed by atoms with E-state index in [9.17, 15) is 14.9 Å². The standard InChI is InChI=1S/C19H12ClN3O6/c20-15-4-2-12(23(25)26)8-14(15)16-6-3-13(29-16)9-21-22-19(24)11-1-5-17-18(7-11)28-10-27-17/h1-9H,10H2,(H,22,24)/b21-9+. The van der Waals surface area contributed by atoms with Crippen molar-refractivity contribution >= 4 is 29.4 Å². The highest BCUT2D eigenvalue weighted by Gasteiger charge is 2.16. The Morgan fingerprint density at radius 2 is 1.97 bits per heavy atom. The summed E-state index contributed by atoms with van der Waals surface area (Å²) in [5, 5.41) is 15.1. The minimum Gasteiger partial charge on any atom is -0.455 e. The van der Waals surface area contributed by atoms with Crippen molar-refractivity contribution in [1.82, 2.24) is 5.43 Å². The number of hydrogen-bond donors (Lipinski definition) is 1. The lowest BCUT2D eigenvalue weighted by atomic mass is 10.1. The number of nitrogens with one attached hydrogen (secondary N) is 1. The number of hydrogen-bond acceptors (Lipinski definition) is 7. The lowest BCUT2D eigenvalue weighted by molar-refractivity contribution is -0.384. The Kier molecular flexibility index (Phi) is 4.88. The fraction of sp³-hybridized carbons (Fsp3) is 0.0526. The number of rotatable bonds is 5. The Balaban J connectivity index is 1.45. The van der Waals surface area contributed by atoms with Crippen LogP contribution in [0.4, 0.5) is 5.69 Å². The third kappa shape index (κ3) is 3.90. The van der Waals surface area contributed by atoms with Crippen molar-refractivity contribution in [2.75, 3.05) is 6.79 Å². The minimum absolute atomic E-state index is 0.105. The fourth-order valence-corrected chi connectivity index (χ4v) is 2.85. The largest absolute Gasteiger partial charge is 0.455 e. The molecule has 9 nitrogen and oxygen atoms in total. The Bertz CT molecular complexity index is 1140. The second-order valence-electron chi connectivity index (χ2n) is 5.89. The molecule has 1 amide bonds. The second kappa shape index (κ2) is 7.64. The Morgan fingerprint density at radius 1 is 1.14 bits per heavy atom. The van der Waals surface area contributed by atoms with E-state index in [1.165, 1.54) is 24.4 Å². The van der Waals surface area contributed by atoms with Crippen LogP contribution in [-0.4, -0.2) is 23.8 Å². The van der Waals surface area contributed by atoms with Crippen LogP contribution in [0, 0.1) is 10.1 Å². The van der Waals surface area contributed by atoms with Crippen molar-refractivity contribution in [2.45, 2.75) is 0 Å². The maximum Gasteiger partial charge on any atom is 0.271 e. The van der Waals surface area contributed by atoms with Crippen LogP contribution in [0.25, 0.3) is 11.3 Å². The lowest BCUT2D eigenvalue weighted by Gasteiger charge is -2.01. The van der Waals surface area contributed by atoms with Crippen molar-refractivity contribution in [3.63, 3.8) is 0 Å². The molecule has 10 heteroatoms. The number of nitro groups is 1.